The molecule has 0 aliphatic carbocycles. The Kier molecular flexibility index (Phi) is 3.87. The molecule has 3 rings (SSSR count). The van der Waals surface area contributed by atoms with Crippen LogP contribution in [0.25, 0.3) is 10.8 Å². The number of hydrogen-bond donors (Lipinski definition) is 1. The van der Waals surface area contributed by atoms with Gasteiger partial charge in [-0.15, -0.1) is 11.8 Å². The van der Waals surface area contributed by atoms with Crippen LogP contribution in [0.5, 0.6) is 0 Å². The minimum absolute atomic E-state index is 0.843. The second-order valence-corrected chi connectivity index (χ2v) is 6.13. The van der Waals surface area contributed by atoms with E-state index in [0.717, 1.165) is 5.92 Å². The van der Waals surface area contributed by atoms with E-state index in [1.165, 1.54) is 47.4 Å². The lowest BCUT2D eigenvalue weighted by Gasteiger charge is -2.22. The number of thioether (sulfide) groups is 1. The second-order valence-electron chi connectivity index (χ2n) is 5.03. The first-order chi connectivity index (χ1) is 8.92. The highest BCUT2D eigenvalue weighted by Gasteiger charge is 2.12. The fourth-order valence-corrected chi connectivity index (χ4v) is 3.62. The van der Waals surface area contributed by atoms with Crippen LogP contribution in [0.4, 0.5) is 0 Å². The van der Waals surface area contributed by atoms with Crippen LogP contribution in [0.1, 0.15) is 12.8 Å². The predicted molar refractivity (Wildman–Crippen MR) is 80.3 cm³/mol. The van der Waals surface area contributed by atoms with E-state index in [0.29, 0.717) is 0 Å². The van der Waals surface area contributed by atoms with Crippen molar-refractivity contribution in [3.8, 4) is 0 Å². The van der Waals surface area contributed by atoms with Gasteiger partial charge < -0.3 is 5.32 Å². The Labute approximate surface area is 113 Å². The Hall–Kier alpha value is -0.990. The molecule has 0 amide bonds. The summed E-state index contributed by atoms with van der Waals surface area (Å²) in [5.41, 5.74) is 0. The molecule has 0 bridgehead atoms. The lowest BCUT2D eigenvalue weighted by atomic mass is 10.0. The van der Waals surface area contributed by atoms with Crippen molar-refractivity contribution in [3.05, 3.63) is 42.5 Å². The minimum Gasteiger partial charge on any atom is -0.316 e. The molecule has 2 aromatic carbocycles. The summed E-state index contributed by atoms with van der Waals surface area (Å²) in [6.07, 6.45) is 2.72. The average Bonchev–Trinajstić information content (AvgIpc) is 2.46. The van der Waals surface area contributed by atoms with E-state index in [9.17, 15) is 0 Å². The highest BCUT2D eigenvalue weighted by molar-refractivity contribution is 7.99. The number of nitrogens with one attached hydrogen (secondary N) is 1. The SMILES string of the molecule is c1ccc2cc(SCC3CCCNC3)ccc2c1. The largest absolute Gasteiger partial charge is 0.316 e. The van der Waals surface area contributed by atoms with Crippen molar-refractivity contribution in [1.29, 1.82) is 0 Å². The Morgan fingerprint density at radius 2 is 2.00 bits per heavy atom. The minimum atomic E-state index is 0.843. The number of rotatable bonds is 3. The summed E-state index contributed by atoms with van der Waals surface area (Å²) < 4.78 is 0. The predicted octanol–water partition coefficient (Wildman–Crippen LogP) is 3.93. The molecule has 0 saturated carbocycles. The van der Waals surface area contributed by atoms with Gasteiger partial charge in [-0.2, -0.15) is 0 Å². The maximum atomic E-state index is 3.49. The average molecular weight is 257 g/mol. The summed E-state index contributed by atoms with van der Waals surface area (Å²) in [6, 6.07) is 15.4. The summed E-state index contributed by atoms with van der Waals surface area (Å²) >= 11 is 2.00. The molecule has 1 unspecified atom stereocenters. The van der Waals surface area contributed by atoms with Gasteiger partial charge in [-0.25, -0.2) is 0 Å². The van der Waals surface area contributed by atoms with Crippen LogP contribution in [0.2, 0.25) is 0 Å². The summed E-state index contributed by atoms with van der Waals surface area (Å²) in [6.45, 7) is 2.40. The van der Waals surface area contributed by atoms with Crippen LogP contribution in [-0.4, -0.2) is 18.8 Å². The van der Waals surface area contributed by atoms with Gasteiger partial charge in [0, 0.05) is 10.6 Å². The summed E-state index contributed by atoms with van der Waals surface area (Å²) in [5, 5.41) is 6.17. The highest BCUT2D eigenvalue weighted by Crippen LogP contribution is 2.26. The van der Waals surface area contributed by atoms with E-state index in [1.54, 1.807) is 0 Å². The topological polar surface area (TPSA) is 12.0 Å². The number of hydrogen-bond acceptors (Lipinski definition) is 2. The zero-order chi connectivity index (χ0) is 12.2. The van der Waals surface area contributed by atoms with E-state index in [1.807, 2.05) is 11.8 Å². The normalized spacial score (nSPS) is 20.1. The monoisotopic (exact) mass is 257 g/mol. The molecule has 2 heteroatoms. The van der Waals surface area contributed by atoms with Gasteiger partial charge in [0.05, 0.1) is 0 Å². The lowest BCUT2D eigenvalue weighted by molar-refractivity contribution is 0.410. The third-order valence-corrected chi connectivity index (χ3v) is 4.83. The standard InChI is InChI=1S/C16H19NS/c1-2-6-15-10-16(8-7-14(15)5-1)18-12-13-4-3-9-17-11-13/h1-2,5-8,10,13,17H,3-4,9,11-12H2. The molecule has 0 spiro atoms. The van der Waals surface area contributed by atoms with Crippen LogP contribution in [0, 0.1) is 5.92 Å². The Morgan fingerprint density at radius 1 is 1.11 bits per heavy atom. The molecule has 0 radical (unpaired) electrons. The van der Waals surface area contributed by atoms with E-state index in [2.05, 4.69) is 47.8 Å². The summed E-state index contributed by atoms with van der Waals surface area (Å²) in [4.78, 5) is 1.40. The van der Waals surface area contributed by atoms with Crippen LogP contribution < -0.4 is 5.32 Å². The fraction of sp³-hybridized carbons (Fsp3) is 0.375. The first-order valence-electron chi connectivity index (χ1n) is 6.74. The van der Waals surface area contributed by atoms with Crippen LogP contribution in [0.3, 0.4) is 0 Å². The molecular formula is C16H19NS. The molecule has 1 atom stereocenters. The van der Waals surface area contributed by atoms with Gasteiger partial charge in [-0.3, -0.25) is 0 Å². The zero-order valence-corrected chi connectivity index (χ0v) is 11.4. The van der Waals surface area contributed by atoms with Crippen molar-refractivity contribution < 1.29 is 0 Å². The number of piperidine rings is 1. The Morgan fingerprint density at radius 3 is 2.83 bits per heavy atom. The van der Waals surface area contributed by atoms with Gasteiger partial charge in [-0.1, -0.05) is 30.3 Å². The molecule has 1 aliphatic rings. The molecule has 1 aliphatic heterocycles. The van der Waals surface area contributed by atoms with Gasteiger partial charge in [0.25, 0.3) is 0 Å². The Bertz CT molecular complexity index is 517. The molecule has 18 heavy (non-hydrogen) atoms. The highest BCUT2D eigenvalue weighted by atomic mass is 32.2. The van der Waals surface area contributed by atoms with Crippen LogP contribution >= 0.6 is 11.8 Å². The first-order valence-corrected chi connectivity index (χ1v) is 7.73. The summed E-state index contributed by atoms with van der Waals surface area (Å²) in [7, 11) is 0. The van der Waals surface area contributed by atoms with E-state index < -0.39 is 0 Å². The van der Waals surface area contributed by atoms with Gasteiger partial charge >= 0.3 is 0 Å². The Balaban J connectivity index is 1.66. The third-order valence-electron chi connectivity index (χ3n) is 3.61. The summed E-state index contributed by atoms with van der Waals surface area (Å²) in [5.74, 6) is 2.08. The van der Waals surface area contributed by atoms with Gasteiger partial charge in [0.1, 0.15) is 0 Å². The number of benzene rings is 2. The molecule has 1 nitrogen and oxygen atoms in total. The quantitative estimate of drug-likeness (QED) is 0.836. The van der Waals surface area contributed by atoms with Crippen LogP contribution in [0.15, 0.2) is 47.4 Å². The molecule has 1 saturated heterocycles. The molecule has 1 N–H and O–H groups in total. The smallest absolute Gasteiger partial charge is 0.00784 e. The van der Waals surface area contributed by atoms with Crippen molar-refractivity contribution in [3.63, 3.8) is 0 Å². The van der Waals surface area contributed by atoms with Crippen molar-refractivity contribution >= 4 is 22.5 Å². The van der Waals surface area contributed by atoms with Crippen molar-refractivity contribution in [2.24, 2.45) is 5.92 Å². The third kappa shape index (κ3) is 2.88. The number of fused-ring (bicyclic) bond motifs is 1. The molecule has 2 aromatic rings. The van der Waals surface area contributed by atoms with E-state index in [4.69, 9.17) is 0 Å². The molecule has 0 aromatic heterocycles. The maximum Gasteiger partial charge on any atom is 0.00784 e. The van der Waals surface area contributed by atoms with Gasteiger partial charge in [0.2, 0.25) is 0 Å². The fourth-order valence-electron chi connectivity index (χ4n) is 2.54. The van der Waals surface area contributed by atoms with E-state index >= 15 is 0 Å². The lowest BCUT2D eigenvalue weighted by Crippen LogP contribution is -2.30. The van der Waals surface area contributed by atoms with Gasteiger partial charge in [0.15, 0.2) is 0 Å². The van der Waals surface area contributed by atoms with E-state index in [-0.39, 0.29) is 0 Å². The molecular weight excluding hydrogens is 238 g/mol. The molecule has 1 fully saturated rings. The van der Waals surface area contributed by atoms with Crippen molar-refractivity contribution in [2.75, 3.05) is 18.8 Å². The van der Waals surface area contributed by atoms with Gasteiger partial charge in [-0.05, 0) is 54.8 Å². The van der Waals surface area contributed by atoms with Crippen molar-refractivity contribution in [1.82, 2.24) is 5.32 Å². The first kappa shape index (κ1) is 12.1. The zero-order valence-electron chi connectivity index (χ0n) is 10.6. The second kappa shape index (κ2) is 5.77. The van der Waals surface area contributed by atoms with Crippen LogP contribution in [-0.2, 0) is 0 Å². The molecule has 94 valence electrons. The van der Waals surface area contributed by atoms with Crippen molar-refractivity contribution in [2.45, 2.75) is 17.7 Å². The molecule has 1 heterocycles. The maximum absolute atomic E-state index is 3.49.